The van der Waals surface area contributed by atoms with Gasteiger partial charge in [-0.25, -0.2) is 4.79 Å². The zero-order valence-corrected chi connectivity index (χ0v) is 12.9. The van der Waals surface area contributed by atoms with Crippen LogP contribution >= 0.6 is 0 Å². The quantitative estimate of drug-likeness (QED) is 0.602. The summed E-state index contributed by atoms with van der Waals surface area (Å²) >= 11 is 0. The summed E-state index contributed by atoms with van der Waals surface area (Å²) < 4.78 is 0. The molecule has 0 aliphatic carbocycles. The van der Waals surface area contributed by atoms with Crippen LogP contribution in [0.1, 0.15) is 47.0 Å². The molecule has 118 valence electrons. The van der Waals surface area contributed by atoms with Gasteiger partial charge in [-0.05, 0) is 33.6 Å². The molecule has 2 amide bonds. The lowest BCUT2D eigenvalue weighted by Crippen LogP contribution is -2.48. The fourth-order valence-corrected chi connectivity index (χ4v) is 1.92. The maximum atomic E-state index is 12.0. The number of aliphatic hydroxyl groups excluding tert-OH is 1. The molecule has 0 heterocycles. The van der Waals surface area contributed by atoms with Crippen molar-refractivity contribution >= 4 is 12.0 Å². The molecule has 6 nitrogen and oxygen atoms in total. The number of aliphatic hydroxyl groups is 1. The number of carbonyl (C=O) groups excluding carboxylic acids is 1. The monoisotopic (exact) mass is 288 g/mol. The number of hydrogen-bond donors (Lipinski definition) is 3. The molecule has 0 aromatic heterocycles. The van der Waals surface area contributed by atoms with Crippen molar-refractivity contribution in [1.82, 2.24) is 10.2 Å². The summed E-state index contributed by atoms with van der Waals surface area (Å²) in [7, 11) is 0. The van der Waals surface area contributed by atoms with Crippen LogP contribution in [0.15, 0.2) is 0 Å². The van der Waals surface area contributed by atoms with Crippen LogP contribution in [-0.4, -0.2) is 52.3 Å². The van der Waals surface area contributed by atoms with E-state index in [2.05, 4.69) is 5.32 Å². The second-order valence-corrected chi connectivity index (χ2v) is 5.53. The Morgan fingerprint density at radius 2 is 1.75 bits per heavy atom. The van der Waals surface area contributed by atoms with E-state index in [0.29, 0.717) is 13.0 Å². The molecule has 0 rings (SSSR count). The van der Waals surface area contributed by atoms with Gasteiger partial charge in [0, 0.05) is 18.6 Å². The van der Waals surface area contributed by atoms with E-state index in [9.17, 15) is 9.59 Å². The third kappa shape index (κ3) is 7.33. The van der Waals surface area contributed by atoms with Gasteiger partial charge in [0.15, 0.2) is 0 Å². The zero-order valence-electron chi connectivity index (χ0n) is 12.9. The molecule has 0 bridgehead atoms. The van der Waals surface area contributed by atoms with Gasteiger partial charge < -0.3 is 20.4 Å². The number of urea groups is 1. The average molecular weight is 288 g/mol. The fourth-order valence-electron chi connectivity index (χ4n) is 1.92. The SMILES string of the molecule is CC(CCCC(C)C(=O)O)NC(=O)N(CCO)C(C)C. The smallest absolute Gasteiger partial charge is 0.317 e. The molecule has 3 N–H and O–H groups in total. The van der Waals surface area contributed by atoms with Gasteiger partial charge in [-0.2, -0.15) is 0 Å². The molecule has 0 aromatic rings. The Bertz CT molecular complexity index is 308. The van der Waals surface area contributed by atoms with E-state index >= 15 is 0 Å². The normalized spacial score (nSPS) is 13.9. The standard InChI is InChI=1S/C14H28N2O4/c1-10(2)16(8-9-17)14(20)15-12(4)7-5-6-11(3)13(18)19/h10-12,17H,5-9H2,1-4H3,(H,15,20)(H,18,19). The lowest BCUT2D eigenvalue weighted by molar-refractivity contribution is -0.141. The molecule has 6 heteroatoms. The van der Waals surface area contributed by atoms with Gasteiger partial charge in [-0.1, -0.05) is 13.3 Å². The first-order valence-corrected chi connectivity index (χ1v) is 7.20. The van der Waals surface area contributed by atoms with E-state index in [1.54, 1.807) is 11.8 Å². The van der Waals surface area contributed by atoms with Crippen molar-refractivity contribution in [2.45, 2.75) is 59.0 Å². The number of aliphatic carboxylic acids is 1. The second-order valence-electron chi connectivity index (χ2n) is 5.53. The molecule has 2 unspecified atom stereocenters. The highest BCUT2D eigenvalue weighted by Crippen LogP contribution is 2.10. The van der Waals surface area contributed by atoms with Crippen LogP contribution in [0.5, 0.6) is 0 Å². The molecular formula is C14H28N2O4. The highest BCUT2D eigenvalue weighted by Gasteiger charge is 2.18. The minimum absolute atomic E-state index is 0.0107. The summed E-state index contributed by atoms with van der Waals surface area (Å²) in [5.74, 6) is -1.13. The Morgan fingerprint density at radius 3 is 2.20 bits per heavy atom. The highest BCUT2D eigenvalue weighted by atomic mass is 16.4. The third-order valence-electron chi connectivity index (χ3n) is 3.29. The summed E-state index contributed by atoms with van der Waals surface area (Å²) in [6, 6.07) is -0.169. The van der Waals surface area contributed by atoms with Crippen molar-refractivity contribution in [1.29, 1.82) is 0 Å². The van der Waals surface area contributed by atoms with Gasteiger partial charge in [0.1, 0.15) is 0 Å². The maximum Gasteiger partial charge on any atom is 0.317 e. The predicted octanol–water partition coefficient (Wildman–Crippen LogP) is 1.68. The Hall–Kier alpha value is -1.30. The van der Waals surface area contributed by atoms with Gasteiger partial charge in [-0.15, -0.1) is 0 Å². The Kier molecular flexibility index (Phi) is 8.96. The Balaban J connectivity index is 4.09. The maximum absolute atomic E-state index is 12.0. The van der Waals surface area contributed by atoms with Crippen molar-refractivity contribution in [2.75, 3.05) is 13.2 Å². The number of rotatable bonds is 9. The van der Waals surface area contributed by atoms with Crippen LogP contribution in [-0.2, 0) is 4.79 Å². The molecule has 0 fully saturated rings. The molecule has 0 saturated heterocycles. The van der Waals surface area contributed by atoms with Crippen molar-refractivity contribution in [3.8, 4) is 0 Å². The number of carboxylic acids is 1. The van der Waals surface area contributed by atoms with Gasteiger partial charge in [0.25, 0.3) is 0 Å². The first-order chi connectivity index (χ1) is 9.29. The van der Waals surface area contributed by atoms with E-state index in [1.165, 1.54) is 0 Å². The van der Waals surface area contributed by atoms with Gasteiger partial charge in [0.2, 0.25) is 0 Å². The molecular weight excluding hydrogens is 260 g/mol. The van der Waals surface area contributed by atoms with Crippen molar-refractivity contribution in [3.63, 3.8) is 0 Å². The van der Waals surface area contributed by atoms with E-state index < -0.39 is 5.97 Å². The molecule has 0 saturated carbocycles. The summed E-state index contributed by atoms with van der Waals surface area (Å²) in [5, 5.41) is 20.6. The van der Waals surface area contributed by atoms with Crippen molar-refractivity contribution < 1.29 is 19.8 Å². The van der Waals surface area contributed by atoms with Crippen LogP contribution in [0, 0.1) is 5.92 Å². The first kappa shape index (κ1) is 18.7. The summed E-state index contributed by atoms with van der Waals surface area (Å²) in [4.78, 5) is 24.3. The molecule has 2 atom stereocenters. The first-order valence-electron chi connectivity index (χ1n) is 7.20. The molecule has 0 spiro atoms. The van der Waals surface area contributed by atoms with Crippen molar-refractivity contribution in [2.24, 2.45) is 5.92 Å². The average Bonchev–Trinajstić information content (AvgIpc) is 2.34. The molecule has 0 radical (unpaired) electrons. The minimum atomic E-state index is -0.782. The topological polar surface area (TPSA) is 89.9 Å². The van der Waals surface area contributed by atoms with Gasteiger partial charge in [0.05, 0.1) is 12.5 Å². The molecule has 20 heavy (non-hydrogen) atoms. The zero-order chi connectivity index (χ0) is 15.7. The molecule has 0 aliphatic rings. The summed E-state index contributed by atoms with van der Waals surface area (Å²) in [6.07, 6.45) is 2.12. The largest absolute Gasteiger partial charge is 0.481 e. The van der Waals surface area contributed by atoms with E-state index in [4.69, 9.17) is 10.2 Å². The Labute approximate surface area is 121 Å². The number of carbonyl (C=O) groups is 2. The predicted molar refractivity (Wildman–Crippen MR) is 77.6 cm³/mol. The number of nitrogens with one attached hydrogen (secondary N) is 1. The third-order valence-corrected chi connectivity index (χ3v) is 3.29. The second kappa shape index (κ2) is 9.58. The van der Waals surface area contributed by atoms with Crippen LogP contribution < -0.4 is 5.32 Å². The summed E-state index contributed by atoms with van der Waals surface area (Å²) in [5.41, 5.74) is 0. The highest BCUT2D eigenvalue weighted by molar-refractivity contribution is 5.74. The lowest BCUT2D eigenvalue weighted by atomic mass is 10.0. The lowest BCUT2D eigenvalue weighted by Gasteiger charge is -2.28. The van der Waals surface area contributed by atoms with Crippen LogP contribution in [0.25, 0.3) is 0 Å². The number of carboxylic acid groups (broad SMARTS) is 1. The van der Waals surface area contributed by atoms with Crippen LogP contribution in [0.2, 0.25) is 0 Å². The van der Waals surface area contributed by atoms with E-state index in [1.807, 2.05) is 20.8 Å². The van der Waals surface area contributed by atoms with Crippen molar-refractivity contribution in [3.05, 3.63) is 0 Å². The number of hydrogen-bond acceptors (Lipinski definition) is 3. The number of nitrogens with zero attached hydrogens (tertiary/aromatic N) is 1. The fraction of sp³-hybridized carbons (Fsp3) is 0.857. The molecule has 0 aliphatic heterocycles. The van der Waals surface area contributed by atoms with Crippen LogP contribution in [0.4, 0.5) is 4.79 Å². The van der Waals surface area contributed by atoms with E-state index in [0.717, 1.165) is 12.8 Å². The Morgan fingerprint density at radius 1 is 1.15 bits per heavy atom. The van der Waals surface area contributed by atoms with E-state index in [-0.39, 0.29) is 30.6 Å². The minimum Gasteiger partial charge on any atom is -0.481 e. The van der Waals surface area contributed by atoms with Crippen LogP contribution in [0.3, 0.4) is 0 Å². The van der Waals surface area contributed by atoms with Gasteiger partial charge in [-0.3, -0.25) is 4.79 Å². The van der Waals surface area contributed by atoms with Gasteiger partial charge >= 0.3 is 12.0 Å². The summed E-state index contributed by atoms with van der Waals surface area (Å²) in [6.45, 7) is 7.64. The molecule has 0 aromatic carbocycles. The number of amides is 2.